The molecule has 0 saturated carbocycles. The van der Waals surface area contributed by atoms with Crippen molar-refractivity contribution in [3.8, 4) is 22.8 Å². The van der Waals surface area contributed by atoms with Crippen molar-refractivity contribution in [1.82, 2.24) is 29.3 Å². The van der Waals surface area contributed by atoms with Gasteiger partial charge in [0.15, 0.2) is 0 Å². The van der Waals surface area contributed by atoms with Crippen LogP contribution < -0.4 is 10.5 Å². The maximum Gasteiger partial charge on any atom is 0.219 e. The fourth-order valence-corrected chi connectivity index (χ4v) is 5.65. The zero-order valence-electron chi connectivity index (χ0n) is 24.8. The number of carbonyl (C=O) groups excluding carboxylic acids is 1. The van der Waals surface area contributed by atoms with Crippen molar-refractivity contribution in [3.05, 3.63) is 59.8 Å². The maximum absolute atomic E-state index is 11.5. The van der Waals surface area contributed by atoms with Crippen LogP contribution in [0.2, 0.25) is 30.7 Å². The third-order valence-electron chi connectivity index (χ3n) is 7.08. The van der Waals surface area contributed by atoms with E-state index in [9.17, 15) is 4.79 Å². The minimum Gasteiger partial charge on any atom is -0.456 e. The number of ether oxygens (including phenoxy) is 2. The Hall–Kier alpha value is -3.80. The molecule has 0 spiro atoms. The molecular weight excluding hydrogens is 570 g/mol. The van der Waals surface area contributed by atoms with E-state index in [-0.39, 0.29) is 6.42 Å². The number of aromatic nitrogens is 6. The smallest absolute Gasteiger partial charge is 0.219 e. The van der Waals surface area contributed by atoms with Crippen LogP contribution in [0.1, 0.15) is 26.1 Å². The second kappa shape index (κ2) is 11.5. The van der Waals surface area contributed by atoms with Crippen molar-refractivity contribution in [2.45, 2.75) is 65.1 Å². The summed E-state index contributed by atoms with van der Waals surface area (Å²) in [6, 6.07) is 10.5. The summed E-state index contributed by atoms with van der Waals surface area (Å²) < 4.78 is 16.0. The van der Waals surface area contributed by atoms with E-state index in [0.717, 1.165) is 35.1 Å². The average Bonchev–Trinajstić information content (AvgIpc) is 3.52. The zero-order valence-corrected chi connectivity index (χ0v) is 26.6. The molecule has 0 unspecified atom stereocenters. The standard InChI is InChI=1S/C30H36ClN7O3Si/c1-19-35-22-8-7-21(13-25(22)37(19)18-40-11-12-42(4,5)6)41-26-10-9-23-29(28(26)31)36-24(16-33-23)20-15-34-38(17-20)30(2,3)14-27(32)39/h7-10,13,15-17H,11-12,14,18H2,1-6H3,(H2,32,39). The summed E-state index contributed by atoms with van der Waals surface area (Å²) in [4.78, 5) is 25.5. The molecule has 10 nitrogen and oxygen atoms in total. The number of amides is 1. The quantitative estimate of drug-likeness (QED) is 0.134. The molecule has 42 heavy (non-hydrogen) atoms. The number of hydrogen-bond donors (Lipinski definition) is 1. The van der Waals surface area contributed by atoms with Crippen LogP contribution in [0.15, 0.2) is 48.9 Å². The monoisotopic (exact) mass is 605 g/mol. The molecule has 2 N–H and O–H groups in total. The first-order valence-corrected chi connectivity index (χ1v) is 17.9. The molecule has 0 radical (unpaired) electrons. The Morgan fingerprint density at radius 1 is 1.10 bits per heavy atom. The lowest BCUT2D eigenvalue weighted by atomic mass is 10.0. The van der Waals surface area contributed by atoms with E-state index in [0.29, 0.717) is 40.0 Å². The maximum atomic E-state index is 11.5. The topological polar surface area (TPSA) is 123 Å². The van der Waals surface area contributed by atoms with Crippen LogP contribution in [0, 0.1) is 6.92 Å². The van der Waals surface area contributed by atoms with Gasteiger partial charge in [-0.25, -0.2) is 9.97 Å². The van der Waals surface area contributed by atoms with Crippen LogP contribution in [-0.4, -0.2) is 49.9 Å². The molecule has 0 atom stereocenters. The summed E-state index contributed by atoms with van der Waals surface area (Å²) in [7, 11) is -1.17. The summed E-state index contributed by atoms with van der Waals surface area (Å²) in [5, 5.41) is 4.78. The van der Waals surface area contributed by atoms with Gasteiger partial charge in [-0.15, -0.1) is 0 Å². The Labute approximate surface area is 250 Å². The van der Waals surface area contributed by atoms with Crippen LogP contribution in [0.25, 0.3) is 33.3 Å². The first kappa shape index (κ1) is 29.7. The summed E-state index contributed by atoms with van der Waals surface area (Å²) in [6.07, 6.45) is 5.33. The number of carbonyl (C=O) groups is 1. The van der Waals surface area contributed by atoms with E-state index in [4.69, 9.17) is 31.8 Å². The molecule has 2 aromatic carbocycles. The molecule has 0 bridgehead atoms. The minimum atomic E-state index is -1.17. The van der Waals surface area contributed by atoms with Crippen LogP contribution in [0.5, 0.6) is 11.5 Å². The number of primary amides is 1. The van der Waals surface area contributed by atoms with E-state index < -0.39 is 19.5 Å². The van der Waals surface area contributed by atoms with E-state index >= 15 is 0 Å². The van der Waals surface area contributed by atoms with Gasteiger partial charge in [0.1, 0.15) is 34.6 Å². The highest BCUT2D eigenvalue weighted by Gasteiger charge is 2.24. The van der Waals surface area contributed by atoms with Crippen LogP contribution in [-0.2, 0) is 21.8 Å². The first-order valence-electron chi connectivity index (χ1n) is 13.8. The lowest BCUT2D eigenvalue weighted by Crippen LogP contribution is -2.32. The van der Waals surface area contributed by atoms with Crippen LogP contribution >= 0.6 is 11.6 Å². The number of nitrogens with zero attached hydrogens (tertiary/aromatic N) is 6. The van der Waals surface area contributed by atoms with Crippen molar-refractivity contribution >= 4 is 47.6 Å². The van der Waals surface area contributed by atoms with Crippen molar-refractivity contribution < 1.29 is 14.3 Å². The number of hydrogen-bond acceptors (Lipinski definition) is 7. The Balaban J connectivity index is 1.40. The third kappa shape index (κ3) is 6.48. The van der Waals surface area contributed by atoms with Crippen molar-refractivity contribution in [2.24, 2.45) is 5.73 Å². The Morgan fingerprint density at radius 2 is 1.86 bits per heavy atom. The zero-order chi connectivity index (χ0) is 30.2. The van der Waals surface area contributed by atoms with Crippen molar-refractivity contribution in [2.75, 3.05) is 6.61 Å². The fourth-order valence-electron chi connectivity index (χ4n) is 4.65. The Morgan fingerprint density at radius 3 is 2.60 bits per heavy atom. The van der Waals surface area contributed by atoms with E-state index in [1.54, 1.807) is 23.1 Å². The normalized spacial score (nSPS) is 12.4. The molecule has 1 amide bonds. The van der Waals surface area contributed by atoms with Crippen LogP contribution in [0.3, 0.4) is 0 Å². The SMILES string of the molecule is Cc1nc2ccc(Oc3ccc4ncc(-c5cnn(C(C)(C)CC(N)=O)c5)nc4c3Cl)cc2n1COCC[Si](C)(C)C. The lowest BCUT2D eigenvalue weighted by molar-refractivity contribution is -0.119. The lowest BCUT2D eigenvalue weighted by Gasteiger charge is -2.23. The fraction of sp³-hybridized carbons (Fsp3) is 0.367. The van der Waals surface area contributed by atoms with Gasteiger partial charge in [0.25, 0.3) is 0 Å². The molecule has 5 rings (SSSR count). The molecule has 3 aromatic heterocycles. The summed E-state index contributed by atoms with van der Waals surface area (Å²) in [6.45, 7) is 13.9. The first-order chi connectivity index (χ1) is 19.8. The highest BCUT2D eigenvalue weighted by molar-refractivity contribution is 6.76. The highest BCUT2D eigenvalue weighted by Crippen LogP contribution is 2.36. The average molecular weight is 606 g/mol. The van der Waals surface area contributed by atoms with E-state index in [1.165, 1.54) is 0 Å². The molecule has 0 fully saturated rings. The molecule has 12 heteroatoms. The van der Waals surface area contributed by atoms with Gasteiger partial charge in [-0.3, -0.25) is 14.5 Å². The Kier molecular flexibility index (Phi) is 8.10. The largest absolute Gasteiger partial charge is 0.456 e. The molecule has 5 aromatic rings. The van der Waals surface area contributed by atoms with Gasteiger partial charge in [-0.1, -0.05) is 31.2 Å². The number of nitrogens with two attached hydrogens (primary N) is 1. The Bertz CT molecular complexity index is 1770. The van der Waals surface area contributed by atoms with Gasteiger partial charge in [0.05, 0.1) is 46.6 Å². The molecule has 0 aliphatic rings. The molecule has 0 saturated heterocycles. The van der Waals surface area contributed by atoms with Gasteiger partial charge >= 0.3 is 0 Å². The second-order valence-corrected chi connectivity index (χ2v) is 18.3. The van der Waals surface area contributed by atoms with Gasteiger partial charge < -0.3 is 19.8 Å². The number of imidazole rings is 1. The minimum absolute atomic E-state index is 0.155. The van der Waals surface area contributed by atoms with Crippen LogP contribution in [0.4, 0.5) is 0 Å². The van der Waals surface area contributed by atoms with Crippen molar-refractivity contribution in [1.29, 1.82) is 0 Å². The summed E-state index contributed by atoms with van der Waals surface area (Å²) in [5.74, 6) is 1.56. The number of benzene rings is 2. The van der Waals surface area contributed by atoms with Gasteiger partial charge in [0, 0.05) is 32.5 Å². The molecule has 3 heterocycles. The predicted octanol–water partition coefficient (Wildman–Crippen LogP) is 6.52. The van der Waals surface area contributed by atoms with E-state index in [2.05, 4.69) is 39.3 Å². The summed E-state index contributed by atoms with van der Waals surface area (Å²) >= 11 is 6.83. The number of fused-ring (bicyclic) bond motifs is 2. The highest BCUT2D eigenvalue weighted by atomic mass is 35.5. The number of halogens is 1. The predicted molar refractivity (Wildman–Crippen MR) is 168 cm³/mol. The van der Waals surface area contributed by atoms with Gasteiger partial charge in [-0.2, -0.15) is 5.10 Å². The molecular formula is C30H36ClN7O3Si. The van der Waals surface area contributed by atoms with E-state index in [1.807, 2.05) is 51.2 Å². The number of rotatable bonds is 11. The molecule has 0 aliphatic carbocycles. The summed E-state index contributed by atoms with van der Waals surface area (Å²) in [5.41, 5.74) is 9.11. The molecule has 220 valence electrons. The number of aryl methyl sites for hydroxylation is 1. The molecule has 0 aliphatic heterocycles. The van der Waals surface area contributed by atoms with Gasteiger partial charge in [-0.05, 0) is 51.1 Å². The van der Waals surface area contributed by atoms with Crippen molar-refractivity contribution in [3.63, 3.8) is 0 Å². The van der Waals surface area contributed by atoms with Gasteiger partial charge in [0.2, 0.25) is 5.91 Å². The second-order valence-electron chi connectivity index (χ2n) is 12.3. The third-order valence-corrected chi connectivity index (χ3v) is 9.15.